The van der Waals surface area contributed by atoms with Crippen LogP contribution in [0.1, 0.15) is 56.2 Å². The number of halogens is 3. The maximum absolute atomic E-state index is 16.9. The Morgan fingerprint density at radius 3 is 2.82 bits per heavy atom. The van der Waals surface area contributed by atoms with E-state index in [0.717, 1.165) is 51.6 Å². The summed E-state index contributed by atoms with van der Waals surface area (Å²) >= 11 is 0. The monoisotopic (exact) mass is 599 g/mol. The number of ether oxygens (including phenoxy) is 1. The lowest BCUT2D eigenvalue weighted by molar-refractivity contribution is 0.107. The van der Waals surface area contributed by atoms with Crippen molar-refractivity contribution in [3.8, 4) is 35.4 Å². The van der Waals surface area contributed by atoms with Crippen molar-refractivity contribution in [3.05, 3.63) is 47.2 Å². The van der Waals surface area contributed by atoms with E-state index < -0.39 is 23.3 Å². The minimum Gasteiger partial charge on any atom is -0.508 e. The fraction of sp³-hybridized carbons (Fsp3) is 0.441. The van der Waals surface area contributed by atoms with E-state index in [2.05, 4.69) is 20.7 Å². The van der Waals surface area contributed by atoms with Crippen molar-refractivity contribution in [1.82, 2.24) is 19.9 Å². The Morgan fingerprint density at radius 2 is 1.95 bits per heavy atom. The fourth-order valence-electron chi connectivity index (χ4n) is 8.12. The molecule has 7 nitrogen and oxygen atoms in total. The van der Waals surface area contributed by atoms with Crippen LogP contribution in [0.15, 0.2) is 24.3 Å². The molecule has 0 saturated carbocycles. The lowest BCUT2D eigenvalue weighted by atomic mass is 9.95. The molecular formula is C34H32F3N5O2. The van der Waals surface area contributed by atoms with E-state index >= 15 is 4.39 Å². The maximum atomic E-state index is 16.9. The number of hydrogen-bond acceptors (Lipinski definition) is 7. The molecule has 44 heavy (non-hydrogen) atoms. The molecular weight excluding hydrogens is 567 g/mol. The molecule has 0 amide bonds. The number of rotatable bonds is 4. The van der Waals surface area contributed by atoms with Gasteiger partial charge >= 0.3 is 6.01 Å². The van der Waals surface area contributed by atoms with Gasteiger partial charge in [0.2, 0.25) is 0 Å². The second kappa shape index (κ2) is 10.2. The lowest BCUT2D eigenvalue weighted by Gasteiger charge is -2.36. The van der Waals surface area contributed by atoms with E-state index in [1.54, 1.807) is 0 Å². The number of anilines is 1. The zero-order valence-corrected chi connectivity index (χ0v) is 24.3. The van der Waals surface area contributed by atoms with Crippen LogP contribution in [0.3, 0.4) is 0 Å². The van der Waals surface area contributed by atoms with Crippen LogP contribution in [-0.4, -0.2) is 69.0 Å². The highest BCUT2D eigenvalue weighted by atomic mass is 19.1. The normalized spacial score (nSPS) is 24.7. The number of pyridine rings is 1. The number of fused-ring (bicyclic) bond motifs is 4. The van der Waals surface area contributed by atoms with Gasteiger partial charge in [0.25, 0.3) is 0 Å². The van der Waals surface area contributed by atoms with Crippen molar-refractivity contribution >= 4 is 27.5 Å². The number of terminal acetylenes is 1. The summed E-state index contributed by atoms with van der Waals surface area (Å²) in [5.74, 6) is 1.54. The van der Waals surface area contributed by atoms with Crippen LogP contribution in [0.4, 0.5) is 19.0 Å². The molecule has 2 aromatic carbocycles. The highest BCUT2D eigenvalue weighted by molar-refractivity contribution is 6.03. The molecule has 0 unspecified atom stereocenters. The van der Waals surface area contributed by atoms with Gasteiger partial charge in [0.1, 0.15) is 41.4 Å². The van der Waals surface area contributed by atoms with Gasteiger partial charge in [0, 0.05) is 36.5 Å². The van der Waals surface area contributed by atoms with E-state index in [9.17, 15) is 13.9 Å². The fourth-order valence-corrected chi connectivity index (χ4v) is 8.12. The summed E-state index contributed by atoms with van der Waals surface area (Å²) in [6, 6.07) is 5.83. The van der Waals surface area contributed by atoms with E-state index in [1.165, 1.54) is 24.3 Å². The molecule has 3 fully saturated rings. The lowest BCUT2D eigenvalue weighted by Crippen LogP contribution is -2.43. The van der Waals surface area contributed by atoms with Crippen molar-refractivity contribution in [1.29, 1.82) is 0 Å². The standard InChI is InChI=1S/C34H32F3N5O2/c1-2-23-25(36)9-7-19-14-22(43)15-24(27(19)23)30-29(37)31-28-26(38-30)10-8-21-6-3-4-13-42(21)32(28)40-33(39-31)44-18-34-11-5-12-41(34)17-20(35)16-34/h1,7,9,14-15,20-21,43H,3-6,8,10-13,16-18H2/t20-,21+,34+/m1/s1. The van der Waals surface area contributed by atoms with Crippen LogP contribution in [0.25, 0.3) is 32.9 Å². The largest absolute Gasteiger partial charge is 0.508 e. The number of benzene rings is 2. The van der Waals surface area contributed by atoms with Crippen LogP contribution in [0.2, 0.25) is 0 Å². The summed E-state index contributed by atoms with van der Waals surface area (Å²) in [5, 5.41) is 11.9. The van der Waals surface area contributed by atoms with Gasteiger partial charge in [-0.25, -0.2) is 18.2 Å². The topological polar surface area (TPSA) is 74.6 Å². The van der Waals surface area contributed by atoms with Crippen molar-refractivity contribution in [3.63, 3.8) is 0 Å². The molecule has 2 aromatic heterocycles. The van der Waals surface area contributed by atoms with Crippen LogP contribution >= 0.6 is 0 Å². The Morgan fingerprint density at radius 1 is 1.07 bits per heavy atom. The van der Waals surface area contributed by atoms with Gasteiger partial charge in [-0.15, -0.1) is 6.42 Å². The van der Waals surface area contributed by atoms with E-state index in [0.29, 0.717) is 47.1 Å². The third-order valence-electron chi connectivity index (χ3n) is 10.1. The smallest absolute Gasteiger partial charge is 0.319 e. The first-order valence-corrected chi connectivity index (χ1v) is 15.5. The maximum Gasteiger partial charge on any atom is 0.319 e. The second-order valence-corrected chi connectivity index (χ2v) is 12.7. The first kappa shape index (κ1) is 27.4. The van der Waals surface area contributed by atoms with Gasteiger partial charge in [-0.2, -0.15) is 9.97 Å². The molecule has 6 heterocycles. The first-order valence-electron chi connectivity index (χ1n) is 15.5. The van der Waals surface area contributed by atoms with Crippen LogP contribution in [0.5, 0.6) is 11.8 Å². The molecule has 8 rings (SSSR count). The van der Waals surface area contributed by atoms with Crippen molar-refractivity contribution in [2.24, 2.45) is 0 Å². The Labute approximate surface area is 253 Å². The van der Waals surface area contributed by atoms with Gasteiger partial charge in [-0.1, -0.05) is 12.0 Å². The van der Waals surface area contributed by atoms with E-state index in [4.69, 9.17) is 21.1 Å². The van der Waals surface area contributed by atoms with Crippen LogP contribution in [0, 0.1) is 24.0 Å². The average Bonchev–Trinajstić information content (AvgIpc) is 3.49. The summed E-state index contributed by atoms with van der Waals surface area (Å²) < 4.78 is 52.5. The quantitative estimate of drug-likeness (QED) is 0.286. The number of alkyl halides is 1. The predicted octanol–water partition coefficient (Wildman–Crippen LogP) is 6.07. The Balaban J connectivity index is 1.33. The van der Waals surface area contributed by atoms with E-state index in [1.807, 2.05) is 0 Å². The molecule has 4 aromatic rings. The molecule has 10 heteroatoms. The summed E-state index contributed by atoms with van der Waals surface area (Å²) in [6.07, 6.45) is 11.5. The molecule has 3 atom stereocenters. The Hall–Kier alpha value is -4.10. The first-order chi connectivity index (χ1) is 21.3. The minimum absolute atomic E-state index is 0.0303. The van der Waals surface area contributed by atoms with E-state index in [-0.39, 0.29) is 46.7 Å². The van der Waals surface area contributed by atoms with Crippen molar-refractivity contribution in [2.45, 2.75) is 69.1 Å². The van der Waals surface area contributed by atoms with Gasteiger partial charge < -0.3 is 14.7 Å². The number of phenols is 1. The molecule has 4 aliphatic rings. The molecule has 0 bridgehead atoms. The van der Waals surface area contributed by atoms with Gasteiger partial charge in [-0.05, 0) is 75.1 Å². The van der Waals surface area contributed by atoms with Gasteiger partial charge in [-0.3, -0.25) is 4.90 Å². The summed E-state index contributed by atoms with van der Waals surface area (Å²) in [7, 11) is 0. The number of piperidine rings is 1. The second-order valence-electron chi connectivity index (χ2n) is 12.7. The number of nitrogens with zero attached hydrogens (tertiary/aromatic N) is 5. The Kier molecular flexibility index (Phi) is 6.38. The third-order valence-corrected chi connectivity index (χ3v) is 10.1. The van der Waals surface area contributed by atoms with Crippen LogP contribution in [-0.2, 0) is 6.42 Å². The highest BCUT2D eigenvalue weighted by Crippen LogP contribution is 2.44. The summed E-state index contributed by atoms with van der Waals surface area (Å²) in [6.45, 7) is 2.22. The minimum atomic E-state index is -0.904. The molecule has 4 aliphatic heterocycles. The number of phenolic OH excluding ortho intramolecular Hbond substituents is 1. The molecule has 3 saturated heterocycles. The van der Waals surface area contributed by atoms with Gasteiger partial charge in [0.15, 0.2) is 5.82 Å². The third kappa shape index (κ3) is 4.20. The predicted molar refractivity (Wildman–Crippen MR) is 162 cm³/mol. The zero-order valence-electron chi connectivity index (χ0n) is 24.3. The molecule has 1 N–H and O–H groups in total. The van der Waals surface area contributed by atoms with Crippen LogP contribution < -0.4 is 9.64 Å². The van der Waals surface area contributed by atoms with Gasteiger partial charge in [0.05, 0.1) is 22.2 Å². The Bertz CT molecular complexity index is 1880. The summed E-state index contributed by atoms with van der Waals surface area (Å²) in [4.78, 5) is 18.7. The van der Waals surface area contributed by atoms with Crippen molar-refractivity contribution in [2.75, 3.05) is 31.1 Å². The molecule has 0 spiro atoms. The number of aromatic hydroxyl groups is 1. The number of aryl methyl sites for hydroxylation is 1. The number of aromatic nitrogens is 3. The SMILES string of the molecule is C#Cc1c(F)ccc2cc(O)cc(-c3nc4c5c(nc(OC[C@@]67CCCN6C[C@H](F)C7)nc5c3F)N3CCCC[C@H]3CC4)c12. The zero-order chi connectivity index (χ0) is 30.2. The molecule has 0 radical (unpaired) electrons. The average molecular weight is 600 g/mol. The molecule has 0 aliphatic carbocycles. The highest BCUT2D eigenvalue weighted by Gasteiger charge is 2.49. The molecule has 226 valence electrons. The summed E-state index contributed by atoms with van der Waals surface area (Å²) in [5.41, 5.74) is 0.372. The van der Waals surface area contributed by atoms with Crippen molar-refractivity contribution < 1.29 is 23.0 Å². The number of hydrogen-bond donors (Lipinski definition) is 1.